The fourth-order valence-corrected chi connectivity index (χ4v) is 2.86. The highest BCUT2D eigenvalue weighted by atomic mass is 15.2. The summed E-state index contributed by atoms with van der Waals surface area (Å²) in [6.45, 7) is 3.11. The van der Waals surface area contributed by atoms with Gasteiger partial charge in [-0.2, -0.15) is 0 Å². The summed E-state index contributed by atoms with van der Waals surface area (Å²) in [4.78, 5) is 7.29. The van der Waals surface area contributed by atoms with E-state index in [0.29, 0.717) is 0 Å². The Morgan fingerprint density at radius 2 is 1.75 bits per heavy atom. The minimum atomic E-state index is 0.118. The maximum atomic E-state index is 5.03. The molecule has 2 aromatic rings. The van der Waals surface area contributed by atoms with Crippen LogP contribution in [0.4, 0.5) is 0 Å². The summed E-state index contributed by atoms with van der Waals surface area (Å²) in [6.07, 6.45) is 0.966. The van der Waals surface area contributed by atoms with Crippen LogP contribution in [0.15, 0.2) is 59.6 Å². The predicted molar refractivity (Wildman–Crippen MR) is 83.9 cm³/mol. The second-order valence-corrected chi connectivity index (χ2v) is 5.27. The summed E-state index contributed by atoms with van der Waals surface area (Å²) in [5.41, 5.74) is 3.96. The zero-order valence-corrected chi connectivity index (χ0v) is 12.1. The molecule has 2 nitrogen and oxygen atoms in total. The van der Waals surface area contributed by atoms with Crippen LogP contribution in [0.25, 0.3) is 0 Å². The first-order valence-electron chi connectivity index (χ1n) is 7.20. The minimum Gasteiger partial charge on any atom is -0.359 e. The van der Waals surface area contributed by atoms with Crippen molar-refractivity contribution in [2.45, 2.75) is 25.9 Å². The quantitative estimate of drug-likeness (QED) is 0.799. The maximum Gasteiger partial charge on any atom is 0.102 e. The number of nitrogens with zero attached hydrogens (tertiary/aromatic N) is 2. The first-order valence-corrected chi connectivity index (χ1v) is 7.20. The van der Waals surface area contributed by atoms with Gasteiger partial charge < -0.3 is 4.90 Å². The number of aliphatic imine (C=N–C) groups is 1. The Hall–Kier alpha value is -2.09. The lowest BCUT2D eigenvalue weighted by molar-refractivity contribution is 0.493. The highest BCUT2D eigenvalue weighted by Gasteiger charge is 2.22. The van der Waals surface area contributed by atoms with E-state index in [1.165, 1.54) is 22.5 Å². The fourth-order valence-electron chi connectivity index (χ4n) is 2.86. The van der Waals surface area contributed by atoms with E-state index in [0.717, 1.165) is 13.0 Å². The molecule has 20 heavy (non-hydrogen) atoms. The standard InChI is InChI=1S/C18H20N2/c1-3-17-19-18(14-9-5-4-6-10-14)16-12-8-7-11-15(16)13-20(17)2/h4-12,18H,3,13H2,1-2H3/t18-/m1/s1. The third-order valence-corrected chi connectivity index (χ3v) is 3.91. The Bertz CT molecular complexity index is 616. The Balaban J connectivity index is 2.15. The van der Waals surface area contributed by atoms with Crippen LogP contribution in [0, 0.1) is 0 Å². The van der Waals surface area contributed by atoms with Crippen LogP contribution in [0.1, 0.15) is 36.1 Å². The van der Waals surface area contributed by atoms with Crippen molar-refractivity contribution in [1.82, 2.24) is 4.90 Å². The summed E-state index contributed by atoms with van der Waals surface area (Å²) in [7, 11) is 2.13. The molecule has 0 saturated carbocycles. The number of rotatable bonds is 2. The van der Waals surface area contributed by atoms with E-state index in [4.69, 9.17) is 4.99 Å². The van der Waals surface area contributed by atoms with Crippen molar-refractivity contribution in [3.63, 3.8) is 0 Å². The van der Waals surface area contributed by atoms with Crippen molar-refractivity contribution in [2.24, 2.45) is 4.99 Å². The topological polar surface area (TPSA) is 15.6 Å². The third-order valence-electron chi connectivity index (χ3n) is 3.91. The van der Waals surface area contributed by atoms with Crippen LogP contribution in [0.3, 0.4) is 0 Å². The van der Waals surface area contributed by atoms with Gasteiger partial charge in [-0.05, 0) is 16.7 Å². The van der Waals surface area contributed by atoms with Gasteiger partial charge in [0.15, 0.2) is 0 Å². The van der Waals surface area contributed by atoms with Crippen LogP contribution in [0.5, 0.6) is 0 Å². The second-order valence-electron chi connectivity index (χ2n) is 5.27. The van der Waals surface area contributed by atoms with Crippen molar-refractivity contribution in [2.75, 3.05) is 7.05 Å². The Kier molecular flexibility index (Phi) is 3.55. The van der Waals surface area contributed by atoms with Gasteiger partial charge in [0.2, 0.25) is 0 Å². The molecule has 1 aliphatic rings. The molecule has 2 aromatic carbocycles. The maximum absolute atomic E-state index is 5.03. The molecule has 0 bridgehead atoms. The predicted octanol–water partition coefficient (Wildman–Crippen LogP) is 4.03. The van der Waals surface area contributed by atoms with E-state index in [1.807, 2.05) is 0 Å². The van der Waals surface area contributed by atoms with E-state index in [-0.39, 0.29) is 6.04 Å². The number of fused-ring (bicyclic) bond motifs is 1. The van der Waals surface area contributed by atoms with Gasteiger partial charge in [-0.25, -0.2) is 0 Å². The van der Waals surface area contributed by atoms with Gasteiger partial charge in [0.05, 0.1) is 5.84 Å². The van der Waals surface area contributed by atoms with Gasteiger partial charge in [0.25, 0.3) is 0 Å². The molecule has 0 radical (unpaired) electrons. The molecule has 0 amide bonds. The highest BCUT2D eigenvalue weighted by molar-refractivity contribution is 5.83. The molecule has 0 aromatic heterocycles. The average molecular weight is 264 g/mol. The summed E-state index contributed by atoms with van der Waals surface area (Å²) >= 11 is 0. The lowest BCUT2D eigenvalue weighted by Gasteiger charge is -2.18. The molecular weight excluding hydrogens is 244 g/mol. The van der Waals surface area contributed by atoms with Crippen molar-refractivity contribution in [1.29, 1.82) is 0 Å². The lowest BCUT2D eigenvalue weighted by Crippen LogP contribution is -2.24. The van der Waals surface area contributed by atoms with E-state index < -0.39 is 0 Å². The first kappa shape index (κ1) is 12.9. The molecule has 3 rings (SSSR count). The van der Waals surface area contributed by atoms with Gasteiger partial charge >= 0.3 is 0 Å². The Morgan fingerprint density at radius 3 is 2.50 bits per heavy atom. The molecular formula is C18H20N2. The summed E-state index contributed by atoms with van der Waals surface area (Å²) in [5, 5.41) is 0. The van der Waals surface area contributed by atoms with E-state index in [9.17, 15) is 0 Å². The van der Waals surface area contributed by atoms with Crippen molar-refractivity contribution in [3.05, 3.63) is 71.3 Å². The van der Waals surface area contributed by atoms with Crippen LogP contribution in [0.2, 0.25) is 0 Å². The number of benzene rings is 2. The summed E-state index contributed by atoms with van der Waals surface area (Å²) in [6, 6.07) is 19.4. The number of hydrogen-bond acceptors (Lipinski definition) is 2. The second kappa shape index (κ2) is 5.49. The monoisotopic (exact) mass is 264 g/mol. The zero-order valence-electron chi connectivity index (χ0n) is 12.1. The third kappa shape index (κ3) is 2.34. The smallest absolute Gasteiger partial charge is 0.102 e. The van der Waals surface area contributed by atoms with Gasteiger partial charge in [0, 0.05) is 20.0 Å². The molecule has 0 aliphatic carbocycles. The summed E-state index contributed by atoms with van der Waals surface area (Å²) < 4.78 is 0. The molecule has 0 spiro atoms. The molecule has 102 valence electrons. The normalized spacial score (nSPS) is 18.2. The van der Waals surface area contributed by atoms with Gasteiger partial charge in [-0.15, -0.1) is 0 Å². The Labute approximate surface area is 120 Å². The Morgan fingerprint density at radius 1 is 1.05 bits per heavy atom. The fraction of sp³-hybridized carbons (Fsp3) is 0.278. The molecule has 0 saturated heterocycles. The van der Waals surface area contributed by atoms with Crippen LogP contribution in [-0.2, 0) is 6.54 Å². The minimum absolute atomic E-state index is 0.118. The van der Waals surface area contributed by atoms with Crippen LogP contribution < -0.4 is 0 Å². The summed E-state index contributed by atoms with van der Waals surface area (Å²) in [5.74, 6) is 1.18. The van der Waals surface area contributed by atoms with Gasteiger partial charge in [-0.3, -0.25) is 4.99 Å². The molecule has 0 N–H and O–H groups in total. The molecule has 0 fully saturated rings. The average Bonchev–Trinajstić information content (AvgIpc) is 2.64. The molecule has 0 unspecified atom stereocenters. The first-order chi connectivity index (χ1) is 9.79. The van der Waals surface area contributed by atoms with Crippen molar-refractivity contribution >= 4 is 5.84 Å². The largest absolute Gasteiger partial charge is 0.359 e. The van der Waals surface area contributed by atoms with Gasteiger partial charge in [0.1, 0.15) is 6.04 Å². The number of amidine groups is 1. The lowest BCUT2D eigenvalue weighted by atomic mass is 9.95. The van der Waals surface area contributed by atoms with E-state index >= 15 is 0 Å². The molecule has 2 heteroatoms. The van der Waals surface area contributed by atoms with E-state index in [1.54, 1.807) is 0 Å². The van der Waals surface area contributed by atoms with Gasteiger partial charge in [-0.1, -0.05) is 61.5 Å². The highest BCUT2D eigenvalue weighted by Crippen LogP contribution is 2.32. The van der Waals surface area contributed by atoms with Crippen LogP contribution >= 0.6 is 0 Å². The molecule has 1 aliphatic heterocycles. The van der Waals surface area contributed by atoms with Crippen molar-refractivity contribution < 1.29 is 0 Å². The number of hydrogen-bond donors (Lipinski definition) is 0. The van der Waals surface area contributed by atoms with Crippen LogP contribution in [-0.4, -0.2) is 17.8 Å². The molecule has 1 atom stereocenters. The van der Waals surface area contributed by atoms with E-state index in [2.05, 4.69) is 73.5 Å². The molecule has 1 heterocycles. The van der Waals surface area contributed by atoms with Crippen molar-refractivity contribution in [3.8, 4) is 0 Å². The zero-order chi connectivity index (χ0) is 13.9. The SMILES string of the molecule is CCC1=N[C@H](c2ccccc2)c2ccccc2CN1C.